The van der Waals surface area contributed by atoms with E-state index in [1.165, 1.54) is 11.3 Å². The molecule has 2 rings (SSSR count). The third-order valence-corrected chi connectivity index (χ3v) is 3.34. The Morgan fingerprint density at radius 3 is 3.00 bits per heavy atom. The lowest BCUT2D eigenvalue weighted by Crippen LogP contribution is -1.96. The first-order chi connectivity index (χ1) is 8.16. The van der Waals surface area contributed by atoms with Gasteiger partial charge >= 0.3 is 5.97 Å². The van der Waals surface area contributed by atoms with Crippen LogP contribution in [0.5, 0.6) is 5.75 Å². The first-order valence-electron chi connectivity index (χ1n) is 5.02. The zero-order valence-electron chi connectivity index (χ0n) is 9.21. The van der Waals surface area contributed by atoms with Crippen molar-refractivity contribution in [1.29, 1.82) is 0 Å². The van der Waals surface area contributed by atoms with Gasteiger partial charge in [-0.25, -0.2) is 4.79 Å². The zero-order chi connectivity index (χ0) is 12.3. The average Bonchev–Trinajstić information content (AvgIpc) is 2.70. The van der Waals surface area contributed by atoms with Gasteiger partial charge in [-0.15, -0.1) is 11.3 Å². The zero-order valence-corrected chi connectivity index (χ0v) is 10.0. The van der Waals surface area contributed by atoms with Crippen LogP contribution in [0.1, 0.15) is 20.1 Å². The number of nitrogens with zero attached hydrogens (tertiary/aromatic N) is 1. The highest BCUT2D eigenvalue weighted by Gasteiger charge is 2.11. The molecule has 0 bridgehead atoms. The summed E-state index contributed by atoms with van der Waals surface area (Å²) < 4.78 is 5.52. The minimum atomic E-state index is -0.897. The van der Waals surface area contributed by atoms with Gasteiger partial charge in [0.1, 0.15) is 17.2 Å². The van der Waals surface area contributed by atoms with Gasteiger partial charge in [-0.3, -0.25) is 4.98 Å². The molecule has 0 aliphatic carbocycles. The van der Waals surface area contributed by atoms with E-state index in [1.54, 1.807) is 24.5 Å². The molecule has 0 aliphatic heterocycles. The number of carbonyl (C=O) groups is 1. The second kappa shape index (κ2) is 4.97. The van der Waals surface area contributed by atoms with Crippen molar-refractivity contribution in [2.24, 2.45) is 0 Å². The number of aryl methyl sites for hydroxylation is 1. The van der Waals surface area contributed by atoms with E-state index in [0.717, 1.165) is 10.4 Å². The molecule has 0 saturated carbocycles. The van der Waals surface area contributed by atoms with Gasteiger partial charge in [-0.2, -0.15) is 0 Å². The fraction of sp³-hybridized carbons (Fsp3) is 0.167. The van der Waals surface area contributed by atoms with Crippen LogP contribution in [0.4, 0.5) is 0 Å². The molecule has 0 radical (unpaired) electrons. The van der Waals surface area contributed by atoms with Crippen molar-refractivity contribution in [3.63, 3.8) is 0 Å². The SMILES string of the molecule is Cc1sc(C(=O)O)cc1COc1cccnc1. The summed E-state index contributed by atoms with van der Waals surface area (Å²) in [6.07, 6.45) is 3.30. The molecule has 1 N–H and O–H groups in total. The quantitative estimate of drug-likeness (QED) is 0.905. The Morgan fingerprint density at radius 2 is 2.41 bits per heavy atom. The molecule has 0 aromatic carbocycles. The standard InChI is InChI=1S/C12H11NO3S/c1-8-9(5-11(17-8)12(14)15)7-16-10-3-2-4-13-6-10/h2-6H,7H2,1H3,(H,14,15). The predicted octanol–water partition coefficient (Wildman–Crippen LogP) is 2.73. The van der Waals surface area contributed by atoms with Crippen LogP contribution in [0.3, 0.4) is 0 Å². The normalized spacial score (nSPS) is 10.2. The maximum atomic E-state index is 10.8. The molecular formula is C12H11NO3S. The molecule has 0 saturated heterocycles. The van der Waals surface area contributed by atoms with Gasteiger partial charge in [-0.05, 0) is 25.1 Å². The highest BCUT2D eigenvalue weighted by molar-refractivity contribution is 7.14. The Labute approximate surface area is 103 Å². The highest BCUT2D eigenvalue weighted by atomic mass is 32.1. The molecule has 0 unspecified atom stereocenters. The Balaban J connectivity index is 2.07. The van der Waals surface area contributed by atoms with Gasteiger partial charge < -0.3 is 9.84 Å². The predicted molar refractivity (Wildman–Crippen MR) is 64.6 cm³/mol. The maximum Gasteiger partial charge on any atom is 0.345 e. The van der Waals surface area contributed by atoms with Crippen molar-refractivity contribution in [2.45, 2.75) is 13.5 Å². The Bertz CT molecular complexity index is 522. The number of pyridine rings is 1. The van der Waals surface area contributed by atoms with Crippen molar-refractivity contribution < 1.29 is 14.6 Å². The van der Waals surface area contributed by atoms with Crippen LogP contribution in [-0.2, 0) is 6.61 Å². The lowest BCUT2D eigenvalue weighted by atomic mass is 10.2. The van der Waals surface area contributed by atoms with Gasteiger partial charge in [0.25, 0.3) is 0 Å². The summed E-state index contributed by atoms with van der Waals surface area (Å²) in [6.45, 7) is 2.25. The number of carboxylic acids is 1. The molecule has 0 amide bonds. The Kier molecular flexibility index (Phi) is 3.39. The lowest BCUT2D eigenvalue weighted by molar-refractivity contribution is 0.0702. The van der Waals surface area contributed by atoms with Crippen LogP contribution < -0.4 is 4.74 Å². The summed E-state index contributed by atoms with van der Waals surface area (Å²) >= 11 is 1.26. The minimum Gasteiger partial charge on any atom is -0.487 e. The van der Waals surface area contributed by atoms with Gasteiger partial charge in [0.05, 0.1) is 6.20 Å². The average molecular weight is 249 g/mol. The third-order valence-electron chi connectivity index (χ3n) is 2.26. The second-order valence-electron chi connectivity index (χ2n) is 3.47. The summed E-state index contributed by atoms with van der Waals surface area (Å²) in [7, 11) is 0. The van der Waals surface area contributed by atoms with Crippen molar-refractivity contribution in [3.8, 4) is 5.75 Å². The van der Waals surface area contributed by atoms with E-state index in [4.69, 9.17) is 9.84 Å². The second-order valence-corrected chi connectivity index (χ2v) is 4.73. The smallest absolute Gasteiger partial charge is 0.345 e. The van der Waals surface area contributed by atoms with E-state index >= 15 is 0 Å². The summed E-state index contributed by atoms with van der Waals surface area (Å²) in [5, 5.41) is 8.87. The summed E-state index contributed by atoms with van der Waals surface area (Å²) in [6, 6.07) is 5.25. The van der Waals surface area contributed by atoms with E-state index in [1.807, 2.05) is 13.0 Å². The van der Waals surface area contributed by atoms with Crippen LogP contribution in [0.15, 0.2) is 30.6 Å². The van der Waals surface area contributed by atoms with Gasteiger partial charge in [0.2, 0.25) is 0 Å². The Hall–Kier alpha value is -1.88. The van der Waals surface area contributed by atoms with Crippen LogP contribution in [-0.4, -0.2) is 16.1 Å². The molecule has 4 nitrogen and oxygen atoms in total. The van der Waals surface area contributed by atoms with Crippen molar-refractivity contribution in [1.82, 2.24) is 4.98 Å². The number of hydrogen-bond donors (Lipinski definition) is 1. The molecule has 2 aromatic heterocycles. The van der Waals surface area contributed by atoms with Gasteiger partial charge in [-0.1, -0.05) is 0 Å². The highest BCUT2D eigenvalue weighted by Crippen LogP contribution is 2.23. The fourth-order valence-electron chi connectivity index (χ4n) is 1.36. The number of hydrogen-bond acceptors (Lipinski definition) is 4. The van der Waals surface area contributed by atoms with Crippen LogP contribution in [0.2, 0.25) is 0 Å². The number of ether oxygens (including phenoxy) is 1. The first kappa shape index (κ1) is 11.6. The maximum absolute atomic E-state index is 10.8. The van der Waals surface area contributed by atoms with Crippen LogP contribution >= 0.6 is 11.3 Å². The molecule has 2 aromatic rings. The van der Waals surface area contributed by atoms with E-state index in [2.05, 4.69) is 4.98 Å². The lowest BCUT2D eigenvalue weighted by Gasteiger charge is -2.04. The van der Waals surface area contributed by atoms with E-state index in [0.29, 0.717) is 17.2 Å². The van der Waals surface area contributed by atoms with Crippen LogP contribution in [0.25, 0.3) is 0 Å². The molecule has 17 heavy (non-hydrogen) atoms. The van der Waals surface area contributed by atoms with Crippen molar-refractivity contribution >= 4 is 17.3 Å². The van der Waals surface area contributed by atoms with E-state index in [9.17, 15) is 4.79 Å². The number of aromatic nitrogens is 1. The monoisotopic (exact) mass is 249 g/mol. The van der Waals surface area contributed by atoms with E-state index < -0.39 is 5.97 Å². The number of carboxylic acid groups (broad SMARTS) is 1. The third kappa shape index (κ3) is 2.82. The molecular weight excluding hydrogens is 238 g/mol. The molecule has 0 fully saturated rings. The van der Waals surface area contributed by atoms with E-state index in [-0.39, 0.29) is 0 Å². The summed E-state index contributed by atoms with van der Waals surface area (Å²) in [5.41, 5.74) is 0.899. The summed E-state index contributed by atoms with van der Waals surface area (Å²) in [5.74, 6) is -0.222. The van der Waals surface area contributed by atoms with Gasteiger partial charge in [0, 0.05) is 16.6 Å². The van der Waals surface area contributed by atoms with Crippen molar-refractivity contribution in [3.05, 3.63) is 45.9 Å². The Morgan fingerprint density at radius 1 is 1.59 bits per heavy atom. The molecule has 5 heteroatoms. The molecule has 0 aliphatic rings. The first-order valence-corrected chi connectivity index (χ1v) is 5.84. The van der Waals surface area contributed by atoms with Crippen LogP contribution in [0, 0.1) is 6.92 Å². The largest absolute Gasteiger partial charge is 0.487 e. The fourth-order valence-corrected chi connectivity index (χ4v) is 2.23. The molecule has 2 heterocycles. The topological polar surface area (TPSA) is 59.4 Å². The molecule has 88 valence electrons. The molecule has 0 atom stereocenters. The van der Waals surface area contributed by atoms with Gasteiger partial charge in [0.15, 0.2) is 0 Å². The molecule has 0 spiro atoms. The number of rotatable bonds is 4. The summed E-state index contributed by atoms with van der Waals surface area (Å²) in [4.78, 5) is 16.0. The minimum absolute atomic E-state index is 0.340. The number of aromatic carboxylic acids is 1. The van der Waals surface area contributed by atoms with Crippen molar-refractivity contribution in [2.75, 3.05) is 0 Å². The number of thiophene rings is 1.